The fourth-order valence-corrected chi connectivity index (χ4v) is 3.34. The molecular weight excluding hydrogens is 312 g/mol. The molecule has 0 fully saturated rings. The maximum Gasteiger partial charge on any atom is -0.0353 e. The van der Waals surface area contributed by atoms with E-state index in [1.807, 2.05) is 6.08 Å². The maximum absolute atomic E-state index is 3.66. The lowest BCUT2D eigenvalue weighted by Gasteiger charge is -2.03. The second-order valence-corrected chi connectivity index (χ2v) is 8.09. The van der Waals surface area contributed by atoms with Gasteiger partial charge >= 0.3 is 0 Å². The summed E-state index contributed by atoms with van der Waals surface area (Å²) in [4.78, 5) is 0. The SMILES string of the molecule is C=CCCCCCC.CCCCCCCCCCCCCCCCCC. The van der Waals surface area contributed by atoms with Crippen LogP contribution in [-0.2, 0) is 0 Å². The van der Waals surface area contributed by atoms with Gasteiger partial charge in [0.25, 0.3) is 0 Å². The van der Waals surface area contributed by atoms with Crippen molar-refractivity contribution in [3.05, 3.63) is 12.7 Å². The van der Waals surface area contributed by atoms with Crippen molar-refractivity contribution in [1.29, 1.82) is 0 Å². The molecule has 158 valence electrons. The summed E-state index contributed by atoms with van der Waals surface area (Å²) < 4.78 is 0. The highest BCUT2D eigenvalue weighted by Crippen LogP contribution is 2.13. The van der Waals surface area contributed by atoms with Crippen molar-refractivity contribution in [3.8, 4) is 0 Å². The van der Waals surface area contributed by atoms with Crippen LogP contribution in [0.2, 0.25) is 0 Å². The highest BCUT2D eigenvalue weighted by Gasteiger charge is 1.93. The van der Waals surface area contributed by atoms with Gasteiger partial charge in [0.1, 0.15) is 0 Å². The average Bonchev–Trinajstić information content (AvgIpc) is 2.66. The Hall–Kier alpha value is -0.260. The second kappa shape index (κ2) is 29.5. The van der Waals surface area contributed by atoms with E-state index in [2.05, 4.69) is 27.4 Å². The van der Waals surface area contributed by atoms with Gasteiger partial charge in [0.2, 0.25) is 0 Å². The lowest BCUT2D eigenvalue weighted by atomic mass is 10.0. The fraction of sp³-hybridized carbons (Fsp3) is 0.923. The summed E-state index contributed by atoms with van der Waals surface area (Å²) in [6.07, 6.45) is 32.0. The summed E-state index contributed by atoms with van der Waals surface area (Å²) in [6.45, 7) is 10.5. The van der Waals surface area contributed by atoms with Gasteiger partial charge in [0.05, 0.1) is 0 Å². The Morgan fingerprint density at radius 2 is 0.615 bits per heavy atom. The molecule has 0 aliphatic rings. The van der Waals surface area contributed by atoms with Crippen LogP contribution >= 0.6 is 0 Å². The van der Waals surface area contributed by atoms with Gasteiger partial charge in [-0.3, -0.25) is 0 Å². The zero-order chi connectivity index (χ0) is 19.6. The molecule has 0 nitrogen and oxygen atoms in total. The minimum absolute atomic E-state index is 1.19. The van der Waals surface area contributed by atoms with Crippen LogP contribution in [0.25, 0.3) is 0 Å². The summed E-state index contributed by atoms with van der Waals surface area (Å²) >= 11 is 0. The normalized spacial score (nSPS) is 10.4. The van der Waals surface area contributed by atoms with E-state index < -0.39 is 0 Å². The highest BCUT2D eigenvalue weighted by molar-refractivity contribution is 4.65. The van der Waals surface area contributed by atoms with E-state index >= 15 is 0 Å². The third kappa shape index (κ3) is 31.5. The first kappa shape index (κ1) is 28.0. The van der Waals surface area contributed by atoms with E-state index in [9.17, 15) is 0 Å². The zero-order valence-electron chi connectivity index (χ0n) is 19.1. The number of rotatable bonds is 20. The summed E-state index contributed by atoms with van der Waals surface area (Å²) in [5, 5.41) is 0. The quantitative estimate of drug-likeness (QED) is 0.148. The maximum atomic E-state index is 3.66. The summed E-state index contributed by atoms with van der Waals surface area (Å²) in [5.74, 6) is 0. The van der Waals surface area contributed by atoms with Crippen molar-refractivity contribution in [1.82, 2.24) is 0 Å². The van der Waals surface area contributed by atoms with E-state index in [1.165, 1.54) is 135 Å². The van der Waals surface area contributed by atoms with Crippen molar-refractivity contribution < 1.29 is 0 Å². The molecule has 0 bridgehead atoms. The molecule has 0 saturated carbocycles. The van der Waals surface area contributed by atoms with Gasteiger partial charge in [0.15, 0.2) is 0 Å². The van der Waals surface area contributed by atoms with Crippen LogP contribution in [0.1, 0.15) is 156 Å². The molecule has 0 atom stereocenters. The zero-order valence-corrected chi connectivity index (χ0v) is 19.1. The molecule has 0 aromatic rings. The van der Waals surface area contributed by atoms with Crippen LogP contribution in [0, 0.1) is 0 Å². The number of unbranched alkanes of at least 4 members (excludes halogenated alkanes) is 19. The first-order valence-electron chi connectivity index (χ1n) is 12.4. The molecule has 0 radical (unpaired) electrons. The predicted octanol–water partition coefficient (Wildman–Crippen LogP) is 10.4. The molecule has 0 heterocycles. The fourth-order valence-electron chi connectivity index (χ4n) is 3.34. The molecule has 0 aromatic heterocycles. The third-order valence-electron chi connectivity index (χ3n) is 5.22. The Labute approximate surface area is 168 Å². The van der Waals surface area contributed by atoms with Gasteiger partial charge in [-0.1, -0.05) is 149 Å². The van der Waals surface area contributed by atoms with Crippen LogP contribution in [0.3, 0.4) is 0 Å². The van der Waals surface area contributed by atoms with Crippen molar-refractivity contribution in [2.45, 2.75) is 156 Å². The minimum atomic E-state index is 1.19. The van der Waals surface area contributed by atoms with Crippen molar-refractivity contribution in [3.63, 3.8) is 0 Å². The monoisotopic (exact) mass is 366 g/mol. The largest absolute Gasteiger partial charge is 0.103 e. The van der Waals surface area contributed by atoms with Gasteiger partial charge in [-0.2, -0.15) is 0 Å². The van der Waals surface area contributed by atoms with E-state index in [0.717, 1.165) is 0 Å². The lowest BCUT2D eigenvalue weighted by Crippen LogP contribution is -1.83. The Kier molecular flexibility index (Phi) is 31.7. The molecule has 0 unspecified atom stereocenters. The smallest absolute Gasteiger partial charge is 0.0353 e. The second-order valence-electron chi connectivity index (χ2n) is 8.09. The summed E-state index contributed by atoms with van der Waals surface area (Å²) in [6, 6.07) is 0. The van der Waals surface area contributed by atoms with Crippen LogP contribution in [0.15, 0.2) is 12.7 Å². The minimum Gasteiger partial charge on any atom is -0.103 e. The van der Waals surface area contributed by atoms with Crippen LogP contribution in [0.5, 0.6) is 0 Å². The molecule has 0 aliphatic carbocycles. The van der Waals surface area contributed by atoms with Crippen molar-refractivity contribution >= 4 is 0 Å². The van der Waals surface area contributed by atoms with E-state index in [4.69, 9.17) is 0 Å². The molecule has 0 spiro atoms. The molecule has 0 heteroatoms. The molecule has 0 saturated heterocycles. The van der Waals surface area contributed by atoms with Crippen LogP contribution in [0.4, 0.5) is 0 Å². The van der Waals surface area contributed by atoms with Crippen LogP contribution in [-0.4, -0.2) is 0 Å². The Morgan fingerprint density at radius 3 is 0.846 bits per heavy atom. The van der Waals surface area contributed by atoms with Crippen molar-refractivity contribution in [2.24, 2.45) is 0 Å². The number of allylic oxidation sites excluding steroid dienone is 1. The van der Waals surface area contributed by atoms with E-state index in [0.29, 0.717) is 0 Å². The van der Waals surface area contributed by atoms with Gasteiger partial charge in [-0.05, 0) is 12.8 Å². The molecular formula is C26H54. The molecule has 0 aliphatic heterocycles. The third-order valence-corrected chi connectivity index (χ3v) is 5.22. The highest BCUT2D eigenvalue weighted by atomic mass is 14.0. The lowest BCUT2D eigenvalue weighted by molar-refractivity contribution is 0.531. The average molecular weight is 367 g/mol. The molecule has 0 amide bonds. The Morgan fingerprint density at radius 1 is 0.385 bits per heavy atom. The van der Waals surface area contributed by atoms with Crippen LogP contribution < -0.4 is 0 Å². The summed E-state index contributed by atoms with van der Waals surface area (Å²) in [5.41, 5.74) is 0. The number of hydrogen-bond donors (Lipinski definition) is 0. The number of hydrogen-bond acceptors (Lipinski definition) is 0. The molecule has 0 rings (SSSR count). The van der Waals surface area contributed by atoms with Gasteiger partial charge in [-0.15, -0.1) is 6.58 Å². The predicted molar refractivity (Wildman–Crippen MR) is 124 cm³/mol. The summed E-state index contributed by atoms with van der Waals surface area (Å²) in [7, 11) is 0. The van der Waals surface area contributed by atoms with Gasteiger partial charge in [0, 0.05) is 0 Å². The van der Waals surface area contributed by atoms with E-state index in [-0.39, 0.29) is 0 Å². The van der Waals surface area contributed by atoms with Gasteiger partial charge < -0.3 is 0 Å². The Bertz CT molecular complexity index is 202. The molecule has 0 N–H and O–H groups in total. The van der Waals surface area contributed by atoms with Gasteiger partial charge in [-0.25, -0.2) is 0 Å². The molecule has 0 aromatic carbocycles. The standard InChI is InChI=1S/C18H38.C8H16/c1-3-5-7-9-11-13-15-17-18-16-14-12-10-8-6-4-2;1-3-5-7-8-6-4-2/h3-18H2,1-2H3;3H,1,4-8H2,2H3. The van der Waals surface area contributed by atoms with E-state index in [1.54, 1.807) is 0 Å². The molecule has 26 heavy (non-hydrogen) atoms. The van der Waals surface area contributed by atoms with Crippen molar-refractivity contribution in [2.75, 3.05) is 0 Å². The first-order chi connectivity index (χ1) is 12.8. The Balaban J connectivity index is 0. The first-order valence-corrected chi connectivity index (χ1v) is 12.4. The topological polar surface area (TPSA) is 0 Å².